The molecule has 0 spiro atoms. The maximum Gasteiger partial charge on any atom is 0.326 e. The molecule has 2 N–H and O–H groups in total. The van der Waals surface area contributed by atoms with Crippen molar-refractivity contribution >= 4 is 23.2 Å². The number of nitrogens with one attached hydrogen (secondary N) is 1. The molecule has 1 amide bonds. The molecule has 0 aliphatic rings. The van der Waals surface area contributed by atoms with E-state index in [1.165, 1.54) is 22.3 Å². The number of carbonyl (C=O) groups is 2. The van der Waals surface area contributed by atoms with Crippen LogP contribution in [0.2, 0.25) is 0 Å². The lowest BCUT2D eigenvalue weighted by Gasteiger charge is -2.13. The zero-order valence-electron chi connectivity index (χ0n) is 11.4. The minimum absolute atomic E-state index is 0.380. The summed E-state index contributed by atoms with van der Waals surface area (Å²) in [7, 11) is 0. The van der Waals surface area contributed by atoms with E-state index < -0.39 is 17.9 Å². The van der Waals surface area contributed by atoms with Crippen LogP contribution in [0.25, 0.3) is 5.69 Å². The number of rotatable bonds is 7. The van der Waals surface area contributed by atoms with Crippen LogP contribution in [0.1, 0.15) is 35.9 Å². The van der Waals surface area contributed by atoms with E-state index in [2.05, 4.69) is 20.8 Å². The summed E-state index contributed by atoms with van der Waals surface area (Å²) < 4.78 is 1.37. The molecule has 1 atom stereocenters. The summed E-state index contributed by atoms with van der Waals surface area (Å²) in [6.07, 6.45) is 3.39. The monoisotopic (exact) mass is 309 g/mol. The summed E-state index contributed by atoms with van der Waals surface area (Å²) in [5.74, 6) is -1.46. The van der Waals surface area contributed by atoms with Gasteiger partial charge < -0.3 is 10.4 Å². The van der Waals surface area contributed by atoms with Crippen molar-refractivity contribution in [2.45, 2.75) is 32.2 Å². The Labute approximate surface area is 124 Å². The highest BCUT2D eigenvalue weighted by Gasteiger charge is 2.23. The Morgan fingerprint density at radius 3 is 2.95 bits per heavy atom. The second-order valence-corrected chi connectivity index (χ2v) is 5.31. The van der Waals surface area contributed by atoms with Gasteiger partial charge in [0.15, 0.2) is 0 Å². The average molecular weight is 309 g/mol. The molecule has 0 radical (unpaired) electrons. The predicted octanol–water partition coefficient (Wildman–Crippen LogP) is 1.10. The smallest absolute Gasteiger partial charge is 0.326 e. The Kier molecular flexibility index (Phi) is 4.99. The lowest BCUT2D eigenvalue weighted by atomic mass is 10.1. The van der Waals surface area contributed by atoms with Crippen LogP contribution in [-0.4, -0.2) is 43.2 Å². The molecular weight excluding hydrogens is 294 g/mol. The summed E-state index contributed by atoms with van der Waals surface area (Å²) >= 11 is 1.21. The molecule has 0 aliphatic heterocycles. The van der Waals surface area contributed by atoms with Crippen LogP contribution in [0.4, 0.5) is 0 Å². The van der Waals surface area contributed by atoms with Crippen LogP contribution in [0.15, 0.2) is 17.8 Å². The number of amides is 1. The first-order valence-corrected chi connectivity index (χ1v) is 7.36. The van der Waals surface area contributed by atoms with Gasteiger partial charge in [-0.2, -0.15) is 4.68 Å². The van der Waals surface area contributed by atoms with Crippen molar-refractivity contribution in [3.05, 3.63) is 22.7 Å². The summed E-state index contributed by atoms with van der Waals surface area (Å²) in [6, 6.07) is 0.818. The first-order valence-electron chi connectivity index (χ1n) is 6.48. The topological polar surface area (TPSA) is 110 Å². The van der Waals surface area contributed by atoms with Gasteiger partial charge in [0, 0.05) is 0 Å². The summed E-state index contributed by atoms with van der Waals surface area (Å²) in [5, 5.41) is 24.2. The Balaban J connectivity index is 2.13. The Hall–Kier alpha value is -2.29. The quantitative estimate of drug-likeness (QED) is 0.792. The van der Waals surface area contributed by atoms with Gasteiger partial charge in [-0.1, -0.05) is 19.8 Å². The molecule has 9 heteroatoms. The maximum atomic E-state index is 12.3. The van der Waals surface area contributed by atoms with E-state index >= 15 is 0 Å². The van der Waals surface area contributed by atoms with Gasteiger partial charge in [-0.15, -0.1) is 16.4 Å². The van der Waals surface area contributed by atoms with Crippen LogP contribution < -0.4 is 5.32 Å². The zero-order chi connectivity index (χ0) is 15.2. The summed E-state index contributed by atoms with van der Waals surface area (Å²) in [5.41, 5.74) is 0.530. The molecular formula is C12H15N5O3S. The van der Waals surface area contributed by atoms with E-state index in [4.69, 9.17) is 5.11 Å². The van der Waals surface area contributed by atoms with Crippen molar-refractivity contribution in [2.75, 3.05) is 0 Å². The molecule has 2 heterocycles. The SMILES string of the molecule is CCCCC(NC(=O)c1sccc1-n1cnnn1)C(=O)O. The molecule has 1 unspecified atom stereocenters. The third kappa shape index (κ3) is 3.63. The van der Waals surface area contributed by atoms with Crippen molar-refractivity contribution in [1.29, 1.82) is 0 Å². The van der Waals surface area contributed by atoms with Crippen molar-refractivity contribution in [2.24, 2.45) is 0 Å². The van der Waals surface area contributed by atoms with Gasteiger partial charge in [0.25, 0.3) is 5.91 Å². The second-order valence-electron chi connectivity index (χ2n) is 4.40. The van der Waals surface area contributed by atoms with Gasteiger partial charge in [-0.25, -0.2) is 4.79 Å². The molecule has 0 bridgehead atoms. The van der Waals surface area contributed by atoms with Gasteiger partial charge in [0.2, 0.25) is 0 Å². The lowest BCUT2D eigenvalue weighted by Crippen LogP contribution is -2.40. The van der Waals surface area contributed by atoms with Crippen LogP contribution >= 0.6 is 11.3 Å². The lowest BCUT2D eigenvalue weighted by molar-refractivity contribution is -0.139. The molecule has 8 nitrogen and oxygen atoms in total. The highest BCUT2D eigenvalue weighted by molar-refractivity contribution is 7.12. The van der Waals surface area contributed by atoms with Gasteiger partial charge in [-0.05, 0) is 28.3 Å². The van der Waals surface area contributed by atoms with Gasteiger partial charge in [-0.3, -0.25) is 4.79 Å². The van der Waals surface area contributed by atoms with E-state index in [1.54, 1.807) is 11.4 Å². The summed E-state index contributed by atoms with van der Waals surface area (Å²) in [6.45, 7) is 1.97. The number of nitrogens with zero attached hydrogens (tertiary/aromatic N) is 4. The number of aliphatic carboxylic acids is 1. The molecule has 2 rings (SSSR count). The van der Waals surface area contributed by atoms with E-state index in [0.717, 1.165) is 12.8 Å². The van der Waals surface area contributed by atoms with E-state index in [-0.39, 0.29) is 0 Å². The number of carbonyl (C=O) groups excluding carboxylic acids is 1. The minimum atomic E-state index is -1.03. The normalized spacial score (nSPS) is 12.0. The fourth-order valence-corrected chi connectivity index (χ4v) is 2.60. The van der Waals surface area contributed by atoms with Gasteiger partial charge in [0.05, 0.1) is 5.69 Å². The summed E-state index contributed by atoms with van der Waals surface area (Å²) in [4.78, 5) is 23.8. The number of tetrazole rings is 1. The Morgan fingerprint density at radius 1 is 1.52 bits per heavy atom. The first kappa shape index (κ1) is 15.1. The Morgan fingerprint density at radius 2 is 2.33 bits per heavy atom. The number of unbranched alkanes of at least 4 members (excludes halogenated alkanes) is 1. The fourth-order valence-electron chi connectivity index (χ4n) is 1.81. The van der Waals surface area contributed by atoms with Crippen molar-refractivity contribution in [3.8, 4) is 5.69 Å². The van der Waals surface area contributed by atoms with Crippen LogP contribution in [0.3, 0.4) is 0 Å². The zero-order valence-corrected chi connectivity index (χ0v) is 12.2. The number of thiophene rings is 1. The van der Waals surface area contributed by atoms with Crippen molar-refractivity contribution < 1.29 is 14.7 Å². The minimum Gasteiger partial charge on any atom is -0.480 e. The van der Waals surface area contributed by atoms with Crippen molar-refractivity contribution in [3.63, 3.8) is 0 Å². The standard InChI is InChI=1S/C12H15N5O3S/c1-2-3-4-8(12(19)20)14-11(18)10-9(5-6-21-10)17-7-13-15-16-17/h5-8H,2-4H2,1H3,(H,14,18)(H,19,20). The van der Waals surface area contributed by atoms with E-state index in [9.17, 15) is 9.59 Å². The molecule has 0 saturated carbocycles. The van der Waals surface area contributed by atoms with Gasteiger partial charge in [0.1, 0.15) is 17.2 Å². The Bertz CT molecular complexity index is 610. The number of hydrogen-bond donors (Lipinski definition) is 2. The molecule has 2 aromatic heterocycles. The van der Waals surface area contributed by atoms with Gasteiger partial charge >= 0.3 is 5.97 Å². The second kappa shape index (κ2) is 6.93. The number of carboxylic acid groups (broad SMARTS) is 1. The fraction of sp³-hybridized carbons (Fsp3) is 0.417. The largest absolute Gasteiger partial charge is 0.480 e. The molecule has 0 fully saturated rings. The molecule has 112 valence electrons. The maximum absolute atomic E-state index is 12.3. The molecule has 0 aromatic carbocycles. The number of aromatic nitrogens is 4. The highest BCUT2D eigenvalue weighted by Crippen LogP contribution is 2.20. The van der Waals surface area contributed by atoms with Crippen LogP contribution in [0.5, 0.6) is 0 Å². The third-order valence-corrected chi connectivity index (χ3v) is 3.80. The van der Waals surface area contributed by atoms with Crippen LogP contribution in [-0.2, 0) is 4.79 Å². The third-order valence-electron chi connectivity index (χ3n) is 2.90. The molecule has 0 aliphatic carbocycles. The molecule has 21 heavy (non-hydrogen) atoms. The average Bonchev–Trinajstić information content (AvgIpc) is 3.11. The number of hydrogen-bond acceptors (Lipinski definition) is 6. The molecule has 2 aromatic rings. The van der Waals surface area contributed by atoms with E-state index in [0.29, 0.717) is 17.0 Å². The van der Waals surface area contributed by atoms with E-state index in [1.807, 2.05) is 6.92 Å². The van der Waals surface area contributed by atoms with Crippen molar-refractivity contribution in [1.82, 2.24) is 25.5 Å². The highest BCUT2D eigenvalue weighted by atomic mass is 32.1. The van der Waals surface area contributed by atoms with Crippen LogP contribution in [0, 0.1) is 0 Å². The molecule has 0 saturated heterocycles. The predicted molar refractivity (Wildman–Crippen MR) is 75.4 cm³/mol. The first-order chi connectivity index (χ1) is 10.1. The number of carboxylic acids is 1.